The molecule has 1 atom stereocenters. The van der Waals surface area contributed by atoms with E-state index in [9.17, 15) is 10.1 Å². The molecule has 0 aromatic carbocycles. The maximum absolute atomic E-state index is 11.2. The van der Waals surface area contributed by atoms with Crippen molar-refractivity contribution in [1.29, 1.82) is 0 Å². The second kappa shape index (κ2) is 6.83. The van der Waals surface area contributed by atoms with Gasteiger partial charge in [0.1, 0.15) is 6.33 Å². The van der Waals surface area contributed by atoms with Gasteiger partial charge in [-0.1, -0.05) is 31.4 Å². The Morgan fingerprint density at radius 1 is 1.45 bits per heavy atom. The molecule has 1 unspecified atom stereocenters. The quantitative estimate of drug-likeness (QED) is 0.483. The minimum absolute atomic E-state index is 0.0886. The van der Waals surface area contributed by atoms with E-state index in [4.69, 9.17) is 11.6 Å². The molecule has 20 heavy (non-hydrogen) atoms. The summed E-state index contributed by atoms with van der Waals surface area (Å²) >= 11 is 5.84. The Morgan fingerprint density at radius 3 is 2.95 bits per heavy atom. The fourth-order valence-electron chi connectivity index (χ4n) is 2.81. The molecule has 1 fully saturated rings. The predicted octanol–water partition coefficient (Wildman–Crippen LogP) is 3.44. The summed E-state index contributed by atoms with van der Waals surface area (Å²) in [5.41, 5.74) is -0.178. The standard InChI is InChI=1S/C13H19ClN4O2/c1-2-4-10-5-3-7-17(8-6-10)13-11(18(19)20)12(14)15-9-16-13/h9-10H,2-8H2,1H3. The van der Waals surface area contributed by atoms with Gasteiger partial charge in [-0.3, -0.25) is 10.1 Å². The number of halogens is 1. The zero-order valence-electron chi connectivity index (χ0n) is 11.6. The maximum atomic E-state index is 11.2. The highest BCUT2D eigenvalue weighted by Gasteiger charge is 2.27. The molecule has 1 aromatic rings. The molecular weight excluding hydrogens is 280 g/mol. The highest BCUT2D eigenvalue weighted by atomic mass is 35.5. The predicted molar refractivity (Wildman–Crippen MR) is 78.2 cm³/mol. The van der Waals surface area contributed by atoms with Crippen LogP contribution in [0, 0.1) is 16.0 Å². The van der Waals surface area contributed by atoms with Gasteiger partial charge in [0.25, 0.3) is 0 Å². The third kappa shape index (κ3) is 3.36. The van der Waals surface area contributed by atoms with E-state index in [2.05, 4.69) is 16.9 Å². The van der Waals surface area contributed by atoms with E-state index in [1.54, 1.807) is 0 Å². The summed E-state index contributed by atoms with van der Waals surface area (Å²) in [5, 5.41) is 11.1. The van der Waals surface area contributed by atoms with Gasteiger partial charge in [0.05, 0.1) is 4.92 Å². The van der Waals surface area contributed by atoms with Crippen LogP contribution in [-0.4, -0.2) is 28.0 Å². The van der Waals surface area contributed by atoms with E-state index in [1.165, 1.54) is 25.6 Å². The van der Waals surface area contributed by atoms with Crippen LogP contribution in [0.3, 0.4) is 0 Å². The lowest BCUT2D eigenvalue weighted by Crippen LogP contribution is -2.26. The van der Waals surface area contributed by atoms with Crippen molar-refractivity contribution in [3.05, 3.63) is 21.6 Å². The fourth-order valence-corrected chi connectivity index (χ4v) is 3.01. The minimum atomic E-state index is -0.494. The van der Waals surface area contributed by atoms with Crippen LogP contribution in [0.25, 0.3) is 0 Å². The lowest BCUT2D eigenvalue weighted by atomic mass is 9.96. The van der Waals surface area contributed by atoms with Crippen LogP contribution in [0.15, 0.2) is 6.33 Å². The Balaban J connectivity index is 2.20. The number of nitro groups is 1. The lowest BCUT2D eigenvalue weighted by Gasteiger charge is -2.21. The minimum Gasteiger partial charge on any atom is -0.351 e. The molecule has 0 aliphatic carbocycles. The smallest absolute Gasteiger partial charge is 0.348 e. The molecule has 0 radical (unpaired) electrons. The monoisotopic (exact) mass is 298 g/mol. The first kappa shape index (κ1) is 15.0. The first-order valence-corrected chi connectivity index (χ1v) is 7.41. The molecule has 1 aliphatic heterocycles. The molecule has 1 saturated heterocycles. The Morgan fingerprint density at radius 2 is 2.25 bits per heavy atom. The van der Waals surface area contributed by atoms with Gasteiger partial charge in [0.15, 0.2) is 0 Å². The molecule has 1 aromatic heterocycles. The average Bonchev–Trinajstić information content (AvgIpc) is 2.64. The van der Waals surface area contributed by atoms with Crippen molar-refractivity contribution >= 4 is 23.1 Å². The summed E-state index contributed by atoms with van der Waals surface area (Å²) in [4.78, 5) is 20.4. The molecule has 0 spiro atoms. The number of anilines is 1. The zero-order chi connectivity index (χ0) is 14.5. The van der Waals surface area contributed by atoms with Crippen LogP contribution in [0.4, 0.5) is 11.5 Å². The normalized spacial score (nSPS) is 19.7. The number of rotatable bonds is 4. The van der Waals surface area contributed by atoms with Crippen LogP contribution in [0.5, 0.6) is 0 Å². The summed E-state index contributed by atoms with van der Waals surface area (Å²) < 4.78 is 0. The third-order valence-corrected chi connectivity index (χ3v) is 4.06. The van der Waals surface area contributed by atoms with Gasteiger partial charge in [0.2, 0.25) is 11.0 Å². The highest BCUT2D eigenvalue weighted by Crippen LogP contribution is 2.33. The molecule has 7 heteroatoms. The van der Waals surface area contributed by atoms with E-state index in [0.717, 1.165) is 25.9 Å². The Kier molecular flexibility index (Phi) is 5.11. The van der Waals surface area contributed by atoms with E-state index in [-0.39, 0.29) is 10.8 Å². The molecule has 110 valence electrons. The van der Waals surface area contributed by atoms with Gasteiger partial charge in [0, 0.05) is 13.1 Å². The fraction of sp³-hybridized carbons (Fsp3) is 0.692. The molecule has 0 amide bonds. The summed E-state index contributed by atoms with van der Waals surface area (Å²) in [6.07, 6.45) is 6.96. The number of hydrogen-bond acceptors (Lipinski definition) is 5. The summed E-state index contributed by atoms with van der Waals surface area (Å²) in [6, 6.07) is 0. The Bertz CT molecular complexity index is 483. The van der Waals surface area contributed by atoms with Gasteiger partial charge < -0.3 is 4.90 Å². The van der Waals surface area contributed by atoms with Crippen molar-refractivity contribution < 1.29 is 4.92 Å². The number of aromatic nitrogens is 2. The zero-order valence-corrected chi connectivity index (χ0v) is 12.3. The molecule has 2 rings (SSSR count). The van der Waals surface area contributed by atoms with Crippen molar-refractivity contribution in [2.24, 2.45) is 5.92 Å². The summed E-state index contributed by atoms with van der Waals surface area (Å²) in [7, 11) is 0. The van der Waals surface area contributed by atoms with E-state index in [1.807, 2.05) is 4.90 Å². The summed E-state index contributed by atoms with van der Waals surface area (Å²) in [5.74, 6) is 1.06. The van der Waals surface area contributed by atoms with Crippen molar-refractivity contribution in [1.82, 2.24) is 9.97 Å². The Labute approximate surface area is 123 Å². The van der Waals surface area contributed by atoms with E-state index >= 15 is 0 Å². The van der Waals surface area contributed by atoms with Crippen molar-refractivity contribution in [3.63, 3.8) is 0 Å². The highest BCUT2D eigenvalue weighted by molar-refractivity contribution is 6.31. The van der Waals surface area contributed by atoms with Crippen molar-refractivity contribution in [3.8, 4) is 0 Å². The topological polar surface area (TPSA) is 72.2 Å². The molecule has 0 saturated carbocycles. The van der Waals surface area contributed by atoms with Gasteiger partial charge in [-0.2, -0.15) is 0 Å². The van der Waals surface area contributed by atoms with Crippen LogP contribution in [0.1, 0.15) is 39.0 Å². The molecule has 1 aliphatic rings. The maximum Gasteiger partial charge on any atom is 0.348 e. The molecule has 6 nitrogen and oxygen atoms in total. The first-order chi connectivity index (χ1) is 9.63. The first-order valence-electron chi connectivity index (χ1n) is 7.03. The Hall–Kier alpha value is -1.43. The van der Waals surface area contributed by atoms with Crippen molar-refractivity contribution in [2.45, 2.75) is 39.0 Å². The summed E-state index contributed by atoms with van der Waals surface area (Å²) in [6.45, 7) is 3.77. The van der Waals surface area contributed by atoms with Gasteiger partial charge >= 0.3 is 5.69 Å². The second-order valence-corrected chi connectivity index (χ2v) is 5.52. The van der Waals surface area contributed by atoms with Crippen LogP contribution in [-0.2, 0) is 0 Å². The SMILES string of the molecule is CCCC1CCCN(c2ncnc(Cl)c2[N+](=O)[O-])CC1. The second-order valence-electron chi connectivity index (χ2n) is 5.17. The van der Waals surface area contributed by atoms with Gasteiger partial charge in [-0.05, 0) is 25.2 Å². The third-order valence-electron chi connectivity index (χ3n) is 3.79. The van der Waals surface area contributed by atoms with Crippen LogP contribution >= 0.6 is 11.6 Å². The van der Waals surface area contributed by atoms with Crippen molar-refractivity contribution in [2.75, 3.05) is 18.0 Å². The van der Waals surface area contributed by atoms with Crippen LogP contribution in [0.2, 0.25) is 5.15 Å². The molecule has 0 N–H and O–H groups in total. The van der Waals surface area contributed by atoms with E-state index in [0.29, 0.717) is 11.7 Å². The molecular formula is C13H19ClN4O2. The van der Waals surface area contributed by atoms with Crippen LogP contribution < -0.4 is 4.90 Å². The van der Waals surface area contributed by atoms with Gasteiger partial charge in [-0.25, -0.2) is 9.97 Å². The lowest BCUT2D eigenvalue weighted by molar-refractivity contribution is -0.384. The number of nitrogens with zero attached hydrogens (tertiary/aromatic N) is 4. The van der Waals surface area contributed by atoms with Gasteiger partial charge in [-0.15, -0.1) is 0 Å². The van der Waals surface area contributed by atoms with E-state index < -0.39 is 4.92 Å². The molecule has 0 bridgehead atoms. The average molecular weight is 299 g/mol. The largest absolute Gasteiger partial charge is 0.351 e. The molecule has 2 heterocycles. The number of hydrogen-bond donors (Lipinski definition) is 0.